The Morgan fingerprint density at radius 1 is 1.22 bits per heavy atom. The summed E-state index contributed by atoms with van der Waals surface area (Å²) in [7, 11) is 0. The molecular formula is C24H29N3O4S. The SMILES string of the molecule is CC(C)(C)C1CCC2(CC1)NC(=O)N(CC(=O)OCc1csc(-c3ccccc3)n1)C2=O. The van der Waals surface area contributed by atoms with Crippen LogP contribution in [0.25, 0.3) is 10.6 Å². The Balaban J connectivity index is 1.32. The monoisotopic (exact) mass is 455 g/mol. The van der Waals surface area contributed by atoms with E-state index in [0.717, 1.165) is 28.3 Å². The van der Waals surface area contributed by atoms with Crippen LogP contribution in [0.3, 0.4) is 0 Å². The summed E-state index contributed by atoms with van der Waals surface area (Å²) in [5, 5.41) is 5.55. The molecule has 3 amide bonds. The van der Waals surface area contributed by atoms with Crippen molar-refractivity contribution in [3.63, 3.8) is 0 Å². The van der Waals surface area contributed by atoms with Crippen LogP contribution in [0.5, 0.6) is 0 Å². The predicted octanol–water partition coefficient (Wildman–Crippen LogP) is 4.38. The summed E-state index contributed by atoms with van der Waals surface area (Å²) in [4.78, 5) is 43.4. The Labute approximate surface area is 192 Å². The molecule has 2 aromatic rings. The number of nitrogens with zero attached hydrogens (tertiary/aromatic N) is 2. The number of amides is 3. The van der Waals surface area contributed by atoms with Crippen molar-refractivity contribution in [2.75, 3.05) is 6.54 Å². The molecule has 2 aliphatic rings. The maximum absolute atomic E-state index is 13.0. The molecule has 2 heterocycles. The second-order valence-electron chi connectivity index (χ2n) is 9.71. The van der Waals surface area contributed by atoms with Crippen LogP contribution in [-0.4, -0.2) is 39.9 Å². The van der Waals surface area contributed by atoms with Crippen LogP contribution >= 0.6 is 11.3 Å². The normalized spacial score (nSPS) is 23.5. The van der Waals surface area contributed by atoms with E-state index in [1.165, 1.54) is 11.3 Å². The van der Waals surface area contributed by atoms with Gasteiger partial charge in [0.15, 0.2) is 0 Å². The first kappa shape index (κ1) is 22.5. The largest absolute Gasteiger partial charge is 0.458 e. The third-order valence-electron chi connectivity index (χ3n) is 6.55. The minimum atomic E-state index is -0.876. The Morgan fingerprint density at radius 3 is 2.56 bits per heavy atom. The van der Waals surface area contributed by atoms with Gasteiger partial charge >= 0.3 is 12.0 Å². The molecule has 1 aliphatic heterocycles. The standard InChI is InChI=1S/C24H29N3O4S/c1-23(2,3)17-9-11-24(12-10-17)21(29)27(22(30)26-24)13-19(28)31-14-18-15-32-20(25-18)16-7-5-4-6-8-16/h4-8,15,17H,9-14H2,1-3H3,(H,26,30). The molecule has 1 aromatic carbocycles. The van der Waals surface area contributed by atoms with Crippen molar-refractivity contribution in [2.24, 2.45) is 11.3 Å². The summed E-state index contributed by atoms with van der Waals surface area (Å²) in [5.74, 6) is -0.425. The second kappa shape index (κ2) is 8.65. The van der Waals surface area contributed by atoms with E-state index in [1.54, 1.807) is 0 Å². The first-order chi connectivity index (χ1) is 15.2. The van der Waals surface area contributed by atoms with Gasteiger partial charge in [0.25, 0.3) is 5.91 Å². The van der Waals surface area contributed by atoms with Gasteiger partial charge in [0, 0.05) is 10.9 Å². The molecule has 1 aromatic heterocycles. The highest BCUT2D eigenvalue weighted by molar-refractivity contribution is 7.13. The van der Waals surface area contributed by atoms with Gasteiger partial charge in [0.2, 0.25) is 0 Å². The molecule has 32 heavy (non-hydrogen) atoms. The van der Waals surface area contributed by atoms with Gasteiger partial charge in [-0.3, -0.25) is 14.5 Å². The highest BCUT2D eigenvalue weighted by atomic mass is 32.1. The van der Waals surface area contributed by atoms with Crippen molar-refractivity contribution < 1.29 is 19.1 Å². The molecular weight excluding hydrogens is 426 g/mol. The molecule has 1 saturated carbocycles. The molecule has 0 bridgehead atoms. The summed E-state index contributed by atoms with van der Waals surface area (Å²) < 4.78 is 5.30. The van der Waals surface area contributed by atoms with Gasteiger partial charge < -0.3 is 10.1 Å². The molecule has 1 aliphatic carbocycles. The van der Waals surface area contributed by atoms with Crippen molar-refractivity contribution in [2.45, 2.75) is 58.6 Å². The maximum Gasteiger partial charge on any atom is 0.326 e. The number of esters is 1. The topological polar surface area (TPSA) is 88.6 Å². The van der Waals surface area contributed by atoms with Crippen LogP contribution in [0.4, 0.5) is 4.79 Å². The highest BCUT2D eigenvalue weighted by Gasteiger charge is 2.53. The number of thiazole rings is 1. The van der Waals surface area contributed by atoms with E-state index in [0.29, 0.717) is 24.5 Å². The lowest BCUT2D eigenvalue weighted by Crippen LogP contribution is -2.50. The van der Waals surface area contributed by atoms with Gasteiger partial charge in [0.1, 0.15) is 23.7 Å². The number of nitrogens with one attached hydrogen (secondary N) is 1. The number of carbonyl (C=O) groups is 3. The summed E-state index contributed by atoms with van der Waals surface area (Å²) in [6.07, 6.45) is 2.96. The average Bonchev–Trinajstić information content (AvgIpc) is 3.32. The van der Waals surface area contributed by atoms with Gasteiger partial charge in [-0.2, -0.15) is 0 Å². The van der Waals surface area contributed by atoms with E-state index in [2.05, 4.69) is 31.1 Å². The van der Waals surface area contributed by atoms with Crippen molar-refractivity contribution in [1.29, 1.82) is 0 Å². The van der Waals surface area contributed by atoms with Crippen LogP contribution in [0.2, 0.25) is 0 Å². The minimum absolute atomic E-state index is 0.00419. The van der Waals surface area contributed by atoms with E-state index in [4.69, 9.17) is 4.74 Å². The molecule has 4 rings (SSSR count). The molecule has 7 nitrogen and oxygen atoms in total. The lowest BCUT2D eigenvalue weighted by Gasteiger charge is -2.40. The van der Waals surface area contributed by atoms with Crippen molar-refractivity contribution in [3.8, 4) is 10.6 Å². The molecule has 0 unspecified atom stereocenters. The van der Waals surface area contributed by atoms with Gasteiger partial charge in [0.05, 0.1) is 5.69 Å². The number of ether oxygens (including phenoxy) is 1. The zero-order valence-corrected chi connectivity index (χ0v) is 19.5. The van der Waals surface area contributed by atoms with Crippen LogP contribution in [0, 0.1) is 11.3 Å². The molecule has 1 N–H and O–H groups in total. The fourth-order valence-electron chi connectivity index (χ4n) is 4.55. The fraction of sp³-hybridized carbons (Fsp3) is 0.500. The number of benzene rings is 1. The van der Waals surface area contributed by atoms with E-state index >= 15 is 0 Å². The van der Waals surface area contributed by atoms with Gasteiger partial charge in [-0.05, 0) is 37.0 Å². The molecule has 170 valence electrons. The van der Waals surface area contributed by atoms with E-state index in [1.807, 2.05) is 35.7 Å². The number of rotatable bonds is 5. The third-order valence-corrected chi connectivity index (χ3v) is 7.49. The molecule has 1 saturated heterocycles. The fourth-order valence-corrected chi connectivity index (χ4v) is 5.36. The van der Waals surface area contributed by atoms with Gasteiger partial charge in [-0.15, -0.1) is 11.3 Å². The van der Waals surface area contributed by atoms with Gasteiger partial charge in [-0.1, -0.05) is 51.1 Å². The Morgan fingerprint density at radius 2 is 1.91 bits per heavy atom. The van der Waals surface area contributed by atoms with Gasteiger partial charge in [-0.25, -0.2) is 9.78 Å². The zero-order chi connectivity index (χ0) is 22.9. The predicted molar refractivity (Wildman–Crippen MR) is 122 cm³/mol. The van der Waals surface area contributed by atoms with Crippen LogP contribution in [0.1, 0.15) is 52.1 Å². The molecule has 1 spiro atoms. The minimum Gasteiger partial charge on any atom is -0.458 e. The average molecular weight is 456 g/mol. The number of hydrogen-bond donors (Lipinski definition) is 1. The maximum atomic E-state index is 13.0. The first-order valence-corrected chi connectivity index (χ1v) is 11.9. The Hall–Kier alpha value is -2.74. The Bertz CT molecular complexity index is 1000. The van der Waals surface area contributed by atoms with Crippen molar-refractivity contribution in [3.05, 3.63) is 41.4 Å². The van der Waals surface area contributed by atoms with E-state index in [9.17, 15) is 14.4 Å². The molecule has 0 atom stereocenters. The smallest absolute Gasteiger partial charge is 0.326 e. The van der Waals surface area contributed by atoms with Crippen molar-refractivity contribution >= 4 is 29.2 Å². The zero-order valence-electron chi connectivity index (χ0n) is 18.7. The molecule has 2 fully saturated rings. The number of imide groups is 1. The lowest BCUT2D eigenvalue weighted by molar-refractivity contribution is -0.149. The number of aromatic nitrogens is 1. The quantitative estimate of drug-likeness (QED) is 0.534. The summed E-state index contributed by atoms with van der Waals surface area (Å²) in [5.41, 5.74) is 0.933. The number of hydrogen-bond acceptors (Lipinski definition) is 6. The summed E-state index contributed by atoms with van der Waals surface area (Å²) in [6, 6.07) is 9.25. The number of urea groups is 1. The van der Waals surface area contributed by atoms with Crippen LogP contribution in [-0.2, 0) is 20.9 Å². The highest BCUT2D eigenvalue weighted by Crippen LogP contribution is 2.43. The Kier molecular flexibility index (Phi) is 6.07. The number of carbonyl (C=O) groups excluding carboxylic acids is 3. The molecule has 0 radical (unpaired) electrons. The van der Waals surface area contributed by atoms with Crippen LogP contribution < -0.4 is 5.32 Å². The third kappa shape index (κ3) is 4.55. The summed E-state index contributed by atoms with van der Waals surface area (Å²) in [6.45, 7) is 6.24. The van der Waals surface area contributed by atoms with E-state index in [-0.39, 0.29) is 24.5 Å². The van der Waals surface area contributed by atoms with E-state index < -0.39 is 17.5 Å². The second-order valence-corrected chi connectivity index (χ2v) is 10.6. The van der Waals surface area contributed by atoms with Crippen LogP contribution in [0.15, 0.2) is 35.7 Å². The lowest BCUT2D eigenvalue weighted by atomic mass is 9.67. The van der Waals surface area contributed by atoms with Crippen molar-refractivity contribution in [1.82, 2.24) is 15.2 Å². The first-order valence-electron chi connectivity index (χ1n) is 11.0. The summed E-state index contributed by atoms with van der Waals surface area (Å²) >= 11 is 1.47. The molecule has 8 heteroatoms.